The maximum atomic E-state index is 12.8. The Morgan fingerprint density at radius 1 is 1.24 bits per heavy atom. The third-order valence-corrected chi connectivity index (χ3v) is 2.98. The molecule has 2 rings (SSSR count). The lowest BCUT2D eigenvalue weighted by Gasteiger charge is -2.15. The van der Waals surface area contributed by atoms with Crippen LogP contribution in [0.5, 0.6) is 0 Å². The average Bonchev–Trinajstić information content (AvgIpc) is 2.53. The molecule has 0 heterocycles. The largest absolute Gasteiger partial charge is 0.312 e. The first-order valence-corrected chi connectivity index (χ1v) is 6.31. The smallest absolute Gasteiger partial charge is 0.250 e. The van der Waals surface area contributed by atoms with Gasteiger partial charge in [0, 0.05) is 18.8 Å². The summed E-state index contributed by atoms with van der Waals surface area (Å²) in [5.74, 6) is -0.543. The van der Waals surface area contributed by atoms with Crippen LogP contribution in [0.2, 0.25) is 0 Å². The lowest BCUT2D eigenvalue weighted by Crippen LogP contribution is -2.23. The highest BCUT2D eigenvalue weighted by atomic mass is 19.1. The van der Waals surface area contributed by atoms with Gasteiger partial charge in [0.25, 0.3) is 5.91 Å². The van der Waals surface area contributed by atoms with Gasteiger partial charge in [-0.3, -0.25) is 4.79 Å². The van der Waals surface area contributed by atoms with Gasteiger partial charge in [-0.25, -0.2) is 4.39 Å². The first kappa shape index (κ1) is 14.5. The molecule has 0 fully saturated rings. The van der Waals surface area contributed by atoms with Gasteiger partial charge in [0.2, 0.25) is 0 Å². The van der Waals surface area contributed by atoms with Crippen molar-refractivity contribution in [1.82, 2.24) is 0 Å². The Morgan fingerprint density at radius 2 is 1.95 bits per heavy atom. The number of amides is 1. The molecule has 0 saturated heterocycles. The normalized spacial score (nSPS) is 10.3. The summed E-state index contributed by atoms with van der Waals surface area (Å²) in [6, 6.07) is 14.7. The van der Waals surface area contributed by atoms with Crippen LogP contribution >= 0.6 is 0 Å². The van der Waals surface area contributed by atoms with E-state index >= 15 is 0 Å². The van der Waals surface area contributed by atoms with Crippen molar-refractivity contribution in [2.24, 2.45) is 0 Å². The average molecular weight is 280 g/mol. The summed E-state index contributed by atoms with van der Waals surface area (Å²) < 4.78 is 12.8. The van der Waals surface area contributed by atoms with Crippen molar-refractivity contribution in [2.45, 2.75) is 0 Å². The van der Waals surface area contributed by atoms with Crippen LogP contribution in [0, 0.1) is 17.1 Å². The Balaban J connectivity index is 2.12. The number of anilines is 1. The number of nitriles is 1. The SMILES string of the molecule is CN(C(=O)/C=C/c1ccc(F)cc1)c1cccc(C#N)c1. The maximum Gasteiger partial charge on any atom is 0.250 e. The van der Waals surface area contributed by atoms with Crippen LogP contribution in [0.15, 0.2) is 54.6 Å². The van der Waals surface area contributed by atoms with Crippen LogP contribution in [0.1, 0.15) is 11.1 Å². The second-order valence-electron chi connectivity index (χ2n) is 4.44. The highest BCUT2D eigenvalue weighted by molar-refractivity contribution is 6.03. The van der Waals surface area contributed by atoms with Crippen molar-refractivity contribution in [2.75, 3.05) is 11.9 Å². The molecule has 4 heteroatoms. The second-order valence-corrected chi connectivity index (χ2v) is 4.44. The number of carbonyl (C=O) groups is 1. The predicted octanol–water partition coefficient (Wildman–Crippen LogP) is 3.37. The van der Waals surface area contributed by atoms with Gasteiger partial charge < -0.3 is 4.90 Å². The third kappa shape index (κ3) is 3.77. The van der Waals surface area contributed by atoms with Gasteiger partial charge in [-0.05, 0) is 42.0 Å². The number of hydrogen-bond acceptors (Lipinski definition) is 2. The van der Waals surface area contributed by atoms with Crippen molar-refractivity contribution in [3.05, 3.63) is 71.6 Å². The first-order valence-electron chi connectivity index (χ1n) is 6.31. The summed E-state index contributed by atoms with van der Waals surface area (Å²) in [5.41, 5.74) is 1.88. The molecule has 0 spiro atoms. The predicted molar refractivity (Wildman–Crippen MR) is 80.0 cm³/mol. The van der Waals surface area contributed by atoms with Crippen LogP contribution in [0.25, 0.3) is 6.08 Å². The molecule has 2 aromatic rings. The molecule has 0 aromatic heterocycles. The van der Waals surface area contributed by atoms with Crippen LogP contribution in [-0.4, -0.2) is 13.0 Å². The summed E-state index contributed by atoms with van der Waals surface area (Å²) in [7, 11) is 1.63. The van der Waals surface area contributed by atoms with Gasteiger partial charge in [0.15, 0.2) is 0 Å². The van der Waals surface area contributed by atoms with Crippen molar-refractivity contribution in [3.8, 4) is 6.07 Å². The fraction of sp³-hybridized carbons (Fsp3) is 0.0588. The number of likely N-dealkylation sites (N-methyl/N-ethyl adjacent to an activating group) is 1. The minimum absolute atomic E-state index is 0.227. The van der Waals surface area contributed by atoms with Crippen LogP contribution in [0.3, 0.4) is 0 Å². The molecule has 21 heavy (non-hydrogen) atoms. The monoisotopic (exact) mass is 280 g/mol. The molecule has 3 nitrogen and oxygen atoms in total. The molecule has 0 unspecified atom stereocenters. The van der Waals surface area contributed by atoms with E-state index in [4.69, 9.17) is 5.26 Å². The molecule has 1 amide bonds. The van der Waals surface area contributed by atoms with Crippen LogP contribution in [-0.2, 0) is 4.79 Å². The molecule has 0 aliphatic carbocycles. The molecular formula is C17H13FN2O. The minimum Gasteiger partial charge on any atom is -0.312 e. The summed E-state index contributed by atoms with van der Waals surface area (Å²) in [6.07, 6.45) is 3.03. The van der Waals surface area contributed by atoms with Crippen molar-refractivity contribution in [1.29, 1.82) is 5.26 Å². The fourth-order valence-corrected chi connectivity index (χ4v) is 1.76. The molecule has 0 saturated carbocycles. The summed E-state index contributed by atoms with van der Waals surface area (Å²) in [4.78, 5) is 13.5. The summed E-state index contributed by atoms with van der Waals surface area (Å²) in [5, 5.41) is 8.86. The number of hydrogen-bond donors (Lipinski definition) is 0. The Morgan fingerprint density at radius 3 is 2.62 bits per heavy atom. The number of nitrogens with zero attached hydrogens (tertiary/aromatic N) is 2. The molecule has 104 valence electrons. The molecule has 0 aliphatic rings. The summed E-state index contributed by atoms with van der Waals surface area (Å²) in [6.45, 7) is 0. The molecular weight excluding hydrogens is 267 g/mol. The Kier molecular flexibility index (Phi) is 4.47. The van der Waals surface area contributed by atoms with E-state index in [1.54, 1.807) is 49.5 Å². The van der Waals surface area contributed by atoms with E-state index in [9.17, 15) is 9.18 Å². The first-order chi connectivity index (χ1) is 10.1. The van der Waals surface area contributed by atoms with Gasteiger partial charge in [-0.2, -0.15) is 5.26 Å². The van der Waals surface area contributed by atoms with E-state index in [-0.39, 0.29) is 11.7 Å². The molecule has 0 radical (unpaired) electrons. The van der Waals surface area contributed by atoms with Gasteiger partial charge >= 0.3 is 0 Å². The number of benzene rings is 2. The van der Waals surface area contributed by atoms with Crippen LogP contribution in [0.4, 0.5) is 10.1 Å². The lowest BCUT2D eigenvalue weighted by molar-refractivity contribution is -0.113. The lowest BCUT2D eigenvalue weighted by atomic mass is 10.2. The van der Waals surface area contributed by atoms with E-state index in [0.29, 0.717) is 11.3 Å². The quantitative estimate of drug-likeness (QED) is 0.809. The van der Waals surface area contributed by atoms with E-state index in [2.05, 4.69) is 0 Å². The van der Waals surface area contributed by atoms with Crippen molar-refractivity contribution >= 4 is 17.7 Å². The van der Waals surface area contributed by atoms with Crippen LogP contribution < -0.4 is 4.90 Å². The topological polar surface area (TPSA) is 44.1 Å². The molecule has 0 atom stereocenters. The highest BCUT2D eigenvalue weighted by Gasteiger charge is 2.08. The van der Waals surface area contributed by atoms with E-state index < -0.39 is 0 Å². The zero-order valence-electron chi connectivity index (χ0n) is 11.5. The van der Waals surface area contributed by atoms with E-state index in [1.165, 1.54) is 23.1 Å². The van der Waals surface area contributed by atoms with Gasteiger partial charge in [0.1, 0.15) is 5.82 Å². The summed E-state index contributed by atoms with van der Waals surface area (Å²) >= 11 is 0. The van der Waals surface area contributed by atoms with E-state index in [1.807, 2.05) is 6.07 Å². The maximum absolute atomic E-state index is 12.8. The van der Waals surface area contributed by atoms with Gasteiger partial charge in [-0.1, -0.05) is 18.2 Å². The third-order valence-electron chi connectivity index (χ3n) is 2.98. The highest BCUT2D eigenvalue weighted by Crippen LogP contribution is 2.15. The standard InChI is InChI=1S/C17H13FN2O/c1-20(16-4-2-3-14(11-16)12-19)17(21)10-7-13-5-8-15(18)9-6-13/h2-11H,1H3/b10-7+. The molecule has 0 N–H and O–H groups in total. The van der Waals surface area contributed by atoms with Gasteiger partial charge in [0.05, 0.1) is 11.6 Å². The number of carbonyl (C=O) groups excluding carboxylic acids is 1. The number of rotatable bonds is 3. The Bertz CT molecular complexity index is 714. The zero-order valence-corrected chi connectivity index (χ0v) is 11.5. The Labute approximate surface area is 122 Å². The second kappa shape index (κ2) is 6.49. The fourth-order valence-electron chi connectivity index (χ4n) is 1.76. The zero-order chi connectivity index (χ0) is 15.2. The Hall–Kier alpha value is -2.93. The minimum atomic E-state index is -0.316. The molecule has 0 aliphatic heterocycles. The van der Waals surface area contributed by atoms with Crippen molar-refractivity contribution < 1.29 is 9.18 Å². The van der Waals surface area contributed by atoms with Gasteiger partial charge in [-0.15, -0.1) is 0 Å². The van der Waals surface area contributed by atoms with Crippen molar-refractivity contribution in [3.63, 3.8) is 0 Å². The van der Waals surface area contributed by atoms with E-state index in [0.717, 1.165) is 5.56 Å². The number of halogens is 1. The molecule has 2 aromatic carbocycles. The molecule has 0 bridgehead atoms.